The van der Waals surface area contributed by atoms with Gasteiger partial charge in [-0.15, -0.1) is 0 Å². The molecule has 0 aliphatic rings. The van der Waals surface area contributed by atoms with E-state index < -0.39 is 6.43 Å². The Kier molecular flexibility index (Phi) is 3.22. The Bertz CT molecular complexity index is 499. The number of pyridine rings is 1. The molecule has 0 unspecified atom stereocenters. The number of hydrogen-bond acceptors (Lipinski definition) is 4. The Balaban J connectivity index is 2.32. The molecule has 1 N–H and O–H groups in total. The van der Waals surface area contributed by atoms with Crippen LogP contribution in [0.4, 0.5) is 14.6 Å². The first-order valence-electron chi connectivity index (χ1n) is 4.95. The minimum atomic E-state index is -2.56. The average Bonchev–Trinajstić information content (AvgIpc) is 2.39. The summed E-state index contributed by atoms with van der Waals surface area (Å²) in [5, 5.41) is 2.85. The molecule has 2 heterocycles. The molecule has 4 nitrogen and oxygen atoms in total. The van der Waals surface area contributed by atoms with Gasteiger partial charge in [0.05, 0.1) is 18.1 Å². The molecule has 2 aromatic heterocycles. The SMILES string of the molecule is CNc1cncc(-c2ccc(C(F)F)nc2)n1. The molecule has 0 fully saturated rings. The van der Waals surface area contributed by atoms with Crippen LogP contribution in [0.1, 0.15) is 12.1 Å². The summed E-state index contributed by atoms with van der Waals surface area (Å²) in [5.74, 6) is 0.612. The van der Waals surface area contributed by atoms with Crippen LogP contribution >= 0.6 is 0 Å². The van der Waals surface area contributed by atoms with Crippen molar-refractivity contribution >= 4 is 5.82 Å². The van der Waals surface area contributed by atoms with Crippen LogP contribution in [-0.2, 0) is 0 Å². The van der Waals surface area contributed by atoms with Crippen LogP contribution in [0, 0.1) is 0 Å². The third-order valence-corrected chi connectivity index (χ3v) is 2.20. The number of nitrogens with zero attached hydrogens (tertiary/aromatic N) is 3. The number of hydrogen-bond donors (Lipinski definition) is 1. The van der Waals surface area contributed by atoms with Gasteiger partial charge >= 0.3 is 0 Å². The Labute approximate surface area is 96.8 Å². The molecule has 0 aromatic carbocycles. The van der Waals surface area contributed by atoms with Gasteiger partial charge in [-0.25, -0.2) is 13.8 Å². The zero-order chi connectivity index (χ0) is 12.3. The van der Waals surface area contributed by atoms with Crippen LogP contribution in [0.15, 0.2) is 30.7 Å². The first-order chi connectivity index (χ1) is 8.20. The second-order valence-corrected chi connectivity index (χ2v) is 3.31. The van der Waals surface area contributed by atoms with E-state index in [2.05, 4.69) is 20.3 Å². The largest absolute Gasteiger partial charge is 0.372 e. The maximum Gasteiger partial charge on any atom is 0.280 e. The lowest BCUT2D eigenvalue weighted by atomic mass is 10.2. The highest BCUT2D eigenvalue weighted by Crippen LogP contribution is 2.20. The molecule has 0 bridgehead atoms. The van der Waals surface area contributed by atoms with Gasteiger partial charge in [-0.3, -0.25) is 9.97 Å². The van der Waals surface area contributed by atoms with Gasteiger partial charge in [0.15, 0.2) is 0 Å². The van der Waals surface area contributed by atoms with Crippen LogP contribution in [0.3, 0.4) is 0 Å². The molecule has 0 saturated heterocycles. The molecule has 0 saturated carbocycles. The minimum Gasteiger partial charge on any atom is -0.372 e. The highest BCUT2D eigenvalue weighted by atomic mass is 19.3. The lowest BCUT2D eigenvalue weighted by Crippen LogP contribution is -1.96. The summed E-state index contributed by atoms with van der Waals surface area (Å²) >= 11 is 0. The van der Waals surface area contributed by atoms with Crippen molar-refractivity contribution in [3.8, 4) is 11.3 Å². The highest BCUT2D eigenvalue weighted by molar-refractivity contribution is 5.58. The van der Waals surface area contributed by atoms with Crippen LogP contribution in [0.2, 0.25) is 0 Å². The molecule has 88 valence electrons. The van der Waals surface area contributed by atoms with Gasteiger partial charge < -0.3 is 5.32 Å². The minimum absolute atomic E-state index is 0.244. The molecule has 0 aliphatic carbocycles. The molecule has 17 heavy (non-hydrogen) atoms. The Hall–Kier alpha value is -2.11. The molecule has 0 aliphatic heterocycles. The van der Waals surface area contributed by atoms with Crippen LogP contribution in [0.25, 0.3) is 11.3 Å². The topological polar surface area (TPSA) is 50.7 Å². The van der Waals surface area contributed by atoms with E-state index in [1.807, 2.05) is 0 Å². The zero-order valence-electron chi connectivity index (χ0n) is 9.06. The van der Waals surface area contributed by atoms with Crippen molar-refractivity contribution in [3.05, 3.63) is 36.4 Å². The van der Waals surface area contributed by atoms with Crippen molar-refractivity contribution in [2.24, 2.45) is 0 Å². The van der Waals surface area contributed by atoms with Crippen molar-refractivity contribution in [2.75, 3.05) is 12.4 Å². The van der Waals surface area contributed by atoms with Gasteiger partial charge in [0.2, 0.25) is 0 Å². The van der Waals surface area contributed by atoms with E-state index >= 15 is 0 Å². The lowest BCUT2D eigenvalue weighted by Gasteiger charge is -2.04. The van der Waals surface area contributed by atoms with Gasteiger partial charge in [-0.1, -0.05) is 0 Å². The quantitative estimate of drug-likeness (QED) is 0.889. The third-order valence-electron chi connectivity index (χ3n) is 2.20. The van der Waals surface area contributed by atoms with E-state index in [1.165, 1.54) is 12.3 Å². The summed E-state index contributed by atoms with van der Waals surface area (Å²) in [6.07, 6.45) is 1.94. The van der Waals surface area contributed by atoms with Gasteiger partial charge in [0.25, 0.3) is 6.43 Å². The molecule has 0 atom stereocenters. The second-order valence-electron chi connectivity index (χ2n) is 3.31. The summed E-state index contributed by atoms with van der Waals surface area (Å²) < 4.78 is 24.6. The summed E-state index contributed by atoms with van der Waals surface area (Å²) in [6, 6.07) is 2.84. The molecule has 0 spiro atoms. The van der Waals surface area contributed by atoms with E-state index in [1.54, 1.807) is 25.5 Å². The van der Waals surface area contributed by atoms with Crippen LogP contribution < -0.4 is 5.32 Å². The van der Waals surface area contributed by atoms with Crippen molar-refractivity contribution in [1.29, 1.82) is 0 Å². The lowest BCUT2D eigenvalue weighted by molar-refractivity contribution is 0.146. The van der Waals surface area contributed by atoms with Crippen molar-refractivity contribution in [2.45, 2.75) is 6.43 Å². The van der Waals surface area contributed by atoms with E-state index in [-0.39, 0.29) is 5.69 Å². The van der Waals surface area contributed by atoms with Crippen molar-refractivity contribution in [1.82, 2.24) is 15.0 Å². The number of nitrogens with one attached hydrogen (secondary N) is 1. The average molecular weight is 236 g/mol. The monoisotopic (exact) mass is 236 g/mol. The molecule has 0 radical (unpaired) electrons. The fourth-order valence-corrected chi connectivity index (χ4v) is 1.31. The highest BCUT2D eigenvalue weighted by Gasteiger charge is 2.09. The number of alkyl halides is 2. The van der Waals surface area contributed by atoms with Gasteiger partial charge in [-0.05, 0) is 12.1 Å². The molecular formula is C11H10F2N4. The van der Waals surface area contributed by atoms with Gasteiger partial charge in [0.1, 0.15) is 11.5 Å². The van der Waals surface area contributed by atoms with E-state index in [4.69, 9.17) is 0 Å². The normalized spacial score (nSPS) is 10.6. The second kappa shape index (κ2) is 4.82. The standard InChI is InChI=1S/C11H10F2N4/c1-14-10-6-15-5-9(17-10)7-2-3-8(11(12)13)16-4-7/h2-6,11H,1H3,(H,14,17). The predicted molar refractivity (Wildman–Crippen MR) is 59.8 cm³/mol. The van der Waals surface area contributed by atoms with E-state index in [0.717, 1.165) is 0 Å². The number of rotatable bonds is 3. The van der Waals surface area contributed by atoms with Gasteiger partial charge in [-0.2, -0.15) is 0 Å². The smallest absolute Gasteiger partial charge is 0.280 e. The number of aromatic nitrogens is 3. The molecule has 2 rings (SSSR count). The molecular weight excluding hydrogens is 226 g/mol. The zero-order valence-corrected chi connectivity index (χ0v) is 9.06. The molecule has 0 amide bonds. The number of halogens is 2. The summed E-state index contributed by atoms with van der Waals surface area (Å²) in [7, 11) is 1.73. The first-order valence-corrected chi connectivity index (χ1v) is 4.95. The van der Waals surface area contributed by atoms with E-state index in [9.17, 15) is 8.78 Å². The van der Waals surface area contributed by atoms with E-state index in [0.29, 0.717) is 17.1 Å². The molecule has 2 aromatic rings. The summed E-state index contributed by atoms with van der Waals surface area (Å²) in [4.78, 5) is 11.9. The summed E-state index contributed by atoms with van der Waals surface area (Å²) in [5.41, 5.74) is 0.996. The van der Waals surface area contributed by atoms with Crippen molar-refractivity contribution < 1.29 is 8.78 Å². The fourth-order valence-electron chi connectivity index (χ4n) is 1.31. The number of anilines is 1. The Morgan fingerprint density at radius 1 is 1.18 bits per heavy atom. The Morgan fingerprint density at radius 3 is 2.59 bits per heavy atom. The molecule has 6 heteroatoms. The first kappa shape index (κ1) is 11.4. The predicted octanol–water partition coefficient (Wildman–Crippen LogP) is 2.52. The fraction of sp³-hybridized carbons (Fsp3) is 0.182. The van der Waals surface area contributed by atoms with Gasteiger partial charge in [0, 0.05) is 18.8 Å². The van der Waals surface area contributed by atoms with Crippen LogP contribution in [0.5, 0.6) is 0 Å². The third kappa shape index (κ3) is 2.52. The van der Waals surface area contributed by atoms with Crippen molar-refractivity contribution in [3.63, 3.8) is 0 Å². The van der Waals surface area contributed by atoms with Crippen LogP contribution in [-0.4, -0.2) is 22.0 Å². The maximum atomic E-state index is 12.3. The summed E-state index contributed by atoms with van der Waals surface area (Å²) in [6.45, 7) is 0. The maximum absolute atomic E-state index is 12.3. The Morgan fingerprint density at radius 2 is 2.00 bits per heavy atom.